The van der Waals surface area contributed by atoms with Crippen LogP contribution in [0.25, 0.3) is 0 Å². The molecule has 0 radical (unpaired) electrons. The summed E-state index contributed by atoms with van der Waals surface area (Å²) >= 11 is 0. The molecule has 6 atom stereocenters. The zero-order chi connectivity index (χ0) is 13.3. The van der Waals surface area contributed by atoms with Crippen LogP contribution < -0.4 is 0 Å². The highest BCUT2D eigenvalue weighted by atomic mass is 28.3. The van der Waals surface area contributed by atoms with E-state index in [4.69, 9.17) is 0 Å². The fourth-order valence-corrected chi connectivity index (χ4v) is 9.14. The molecule has 0 nitrogen and oxygen atoms in total. The summed E-state index contributed by atoms with van der Waals surface area (Å²) in [7, 11) is -0.926. The Balaban J connectivity index is 1.63. The number of hydrogen-bond donors (Lipinski definition) is 0. The number of fused-ring (bicyclic) bond motifs is 4. The lowest BCUT2D eigenvalue weighted by Crippen LogP contribution is -2.30. The van der Waals surface area contributed by atoms with Crippen LogP contribution in [0.1, 0.15) is 38.5 Å². The van der Waals surface area contributed by atoms with Gasteiger partial charge in [0.05, 0.1) is 0 Å². The standard InChI is InChI=1S/C18H30Si/c1-19(2,3)12-18-15-10-11-16(18)17(18)14-9-7-5-4-6-8-13(14)15/h10-11,13-17H,4-9,12H2,1-3H3/t13-,14-,15+,16-,17+,18-/m1/s1. The first kappa shape index (κ1) is 12.7. The van der Waals surface area contributed by atoms with Crippen LogP contribution in [0.2, 0.25) is 25.7 Å². The summed E-state index contributed by atoms with van der Waals surface area (Å²) in [6.45, 7) is 7.78. The SMILES string of the molecule is C[Si](C)(C)C[C@@]12[C@H]3[C@@H]4CCCCCC[C@H]4[C@@H]1C=C[C@H]32. The maximum Gasteiger partial charge on any atom is 0.0448 e. The Bertz CT molecular complexity index is 404. The fourth-order valence-electron chi connectivity index (χ4n) is 6.59. The molecule has 0 aromatic carbocycles. The van der Waals surface area contributed by atoms with Crippen LogP contribution in [0.3, 0.4) is 0 Å². The van der Waals surface area contributed by atoms with Gasteiger partial charge in [0.2, 0.25) is 0 Å². The van der Waals surface area contributed by atoms with Gasteiger partial charge in [-0.3, -0.25) is 0 Å². The van der Waals surface area contributed by atoms with E-state index in [9.17, 15) is 0 Å². The molecule has 3 fully saturated rings. The van der Waals surface area contributed by atoms with Crippen molar-refractivity contribution in [3.8, 4) is 0 Å². The third-order valence-electron chi connectivity index (χ3n) is 6.80. The predicted octanol–water partition coefficient (Wildman–Crippen LogP) is 5.34. The summed E-state index contributed by atoms with van der Waals surface area (Å²) < 4.78 is 0. The highest BCUT2D eigenvalue weighted by molar-refractivity contribution is 6.76. The van der Waals surface area contributed by atoms with Crippen molar-refractivity contribution < 1.29 is 0 Å². The summed E-state index contributed by atoms with van der Waals surface area (Å²) in [5.41, 5.74) is 0.796. The van der Waals surface area contributed by atoms with Crippen molar-refractivity contribution >= 4 is 8.07 Å². The first-order valence-electron chi connectivity index (χ1n) is 8.72. The van der Waals surface area contributed by atoms with Crippen LogP contribution in [0, 0.1) is 35.0 Å². The van der Waals surface area contributed by atoms with E-state index in [1.165, 1.54) is 25.7 Å². The van der Waals surface area contributed by atoms with Gasteiger partial charge in [-0.2, -0.15) is 0 Å². The maximum absolute atomic E-state index is 2.67. The van der Waals surface area contributed by atoms with Crippen molar-refractivity contribution in [2.45, 2.75) is 64.2 Å². The molecule has 0 amide bonds. The molecule has 0 aromatic rings. The maximum atomic E-state index is 2.67. The first-order valence-corrected chi connectivity index (χ1v) is 12.4. The molecule has 3 saturated carbocycles. The van der Waals surface area contributed by atoms with Crippen molar-refractivity contribution in [1.82, 2.24) is 0 Å². The van der Waals surface area contributed by atoms with Crippen LogP contribution in [-0.2, 0) is 0 Å². The van der Waals surface area contributed by atoms with Crippen molar-refractivity contribution in [3.63, 3.8) is 0 Å². The molecule has 0 aliphatic heterocycles. The van der Waals surface area contributed by atoms with Gasteiger partial charge in [0, 0.05) is 8.07 Å². The van der Waals surface area contributed by atoms with E-state index < -0.39 is 8.07 Å². The second kappa shape index (κ2) is 3.99. The quantitative estimate of drug-likeness (QED) is 0.471. The lowest BCUT2D eigenvalue weighted by Gasteiger charge is -2.32. The second-order valence-electron chi connectivity index (χ2n) is 9.13. The molecule has 1 heteroatoms. The molecule has 0 saturated heterocycles. The minimum absolute atomic E-state index is 0.796. The van der Waals surface area contributed by atoms with Gasteiger partial charge in [-0.15, -0.1) is 0 Å². The van der Waals surface area contributed by atoms with Crippen LogP contribution in [0.4, 0.5) is 0 Å². The van der Waals surface area contributed by atoms with E-state index in [0.29, 0.717) is 0 Å². The minimum Gasteiger partial charge on any atom is -0.0842 e. The van der Waals surface area contributed by atoms with Gasteiger partial charge < -0.3 is 0 Å². The summed E-state index contributed by atoms with van der Waals surface area (Å²) in [5.74, 6) is 5.33. The molecule has 19 heavy (non-hydrogen) atoms. The number of allylic oxidation sites excluding steroid dienone is 2. The Labute approximate surface area is 120 Å². The zero-order valence-corrected chi connectivity index (χ0v) is 14.0. The molecular formula is C18H30Si. The van der Waals surface area contributed by atoms with Crippen LogP contribution in [0.15, 0.2) is 12.2 Å². The van der Waals surface area contributed by atoms with Gasteiger partial charge in [0.25, 0.3) is 0 Å². The third-order valence-corrected chi connectivity index (χ3v) is 8.47. The van der Waals surface area contributed by atoms with Crippen molar-refractivity contribution in [2.24, 2.45) is 35.0 Å². The van der Waals surface area contributed by atoms with Gasteiger partial charge in [-0.1, -0.05) is 63.5 Å². The van der Waals surface area contributed by atoms with Gasteiger partial charge >= 0.3 is 0 Å². The van der Waals surface area contributed by atoms with Crippen molar-refractivity contribution in [2.75, 3.05) is 0 Å². The number of rotatable bonds is 2. The van der Waals surface area contributed by atoms with Gasteiger partial charge in [0.15, 0.2) is 0 Å². The molecule has 0 N–H and O–H groups in total. The molecule has 4 aliphatic rings. The highest BCUT2D eigenvalue weighted by Crippen LogP contribution is 2.82. The third kappa shape index (κ3) is 1.69. The van der Waals surface area contributed by atoms with Crippen LogP contribution >= 0.6 is 0 Å². The lowest BCUT2D eigenvalue weighted by atomic mass is 9.76. The molecular weight excluding hydrogens is 244 g/mol. The van der Waals surface area contributed by atoms with Crippen LogP contribution in [0.5, 0.6) is 0 Å². The smallest absolute Gasteiger partial charge is 0.0448 e. The van der Waals surface area contributed by atoms with Gasteiger partial charge in [-0.05, 0) is 47.8 Å². The van der Waals surface area contributed by atoms with Gasteiger partial charge in [-0.25, -0.2) is 0 Å². The zero-order valence-electron chi connectivity index (χ0n) is 13.0. The Hall–Kier alpha value is -0.0431. The predicted molar refractivity (Wildman–Crippen MR) is 84.9 cm³/mol. The largest absolute Gasteiger partial charge is 0.0842 e. The van der Waals surface area contributed by atoms with E-state index in [1.54, 1.807) is 18.9 Å². The fraction of sp³-hybridized carbons (Fsp3) is 0.889. The molecule has 0 aromatic heterocycles. The molecule has 0 unspecified atom stereocenters. The Morgan fingerprint density at radius 2 is 1.53 bits per heavy atom. The van der Waals surface area contributed by atoms with Crippen molar-refractivity contribution in [1.29, 1.82) is 0 Å². The Morgan fingerprint density at radius 1 is 0.895 bits per heavy atom. The molecule has 0 heterocycles. The molecule has 4 rings (SSSR count). The topological polar surface area (TPSA) is 0 Å². The molecule has 0 spiro atoms. The first-order chi connectivity index (χ1) is 9.04. The minimum atomic E-state index is -0.926. The summed E-state index contributed by atoms with van der Waals surface area (Å²) in [6.07, 6.45) is 14.5. The second-order valence-corrected chi connectivity index (χ2v) is 14.6. The van der Waals surface area contributed by atoms with E-state index in [-0.39, 0.29) is 0 Å². The molecule has 106 valence electrons. The Morgan fingerprint density at radius 3 is 2.21 bits per heavy atom. The number of hydrogen-bond acceptors (Lipinski definition) is 0. The average Bonchev–Trinajstić information content (AvgIpc) is 2.68. The molecule has 0 bridgehead atoms. The lowest BCUT2D eigenvalue weighted by molar-refractivity contribution is 0.219. The monoisotopic (exact) mass is 274 g/mol. The van der Waals surface area contributed by atoms with E-state index >= 15 is 0 Å². The van der Waals surface area contributed by atoms with E-state index in [2.05, 4.69) is 31.8 Å². The summed E-state index contributed by atoms with van der Waals surface area (Å²) in [5, 5.41) is 0. The normalized spacial score (nSPS) is 51.4. The highest BCUT2D eigenvalue weighted by Gasteiger charge is 2.77. The van der Waals surface area contributed by atoms with E-state index in [1.807, 2.05) is 0 Å². The summed E-state index contributed by atoms with van der Waals surface area (Å²) in [6, 6.07) is 1.61. The van der Waals surface area contributed by atoms with E-state index in [0.717, 1.165) is 35.0 Å². The average molecular weight is 275 g/mol. The Kier molecular flexibility index (Phi) is 2.66. The van der Waals surface area contributed by atoms with Crippen molar-refractivity contribution in [3.05, 3.63) is 12.2 Å². The summed E-state index contributed by atoms with van der Waals surface area (Å²) in [4.78, 5) is 0. The molecule has 4 aliphatic carbocycles. The van der Waals surface area contributed by atoms with Crippen LogP contribution in [-0.4, -0.2) is 8.07 Å². The van der Waals surface area contributed by atoms with Gasteiger partial charge in [0.1, 0.15) is 0 Å².